The molecule has 3 aromatic rings. The van der Waals surface area contributed by atoms with Crippen LogP contribution in [-0.2, 0) is 17.9 Å². The van der Waals surface area contributed by atoms with E-state index in [2.05, 4.69) is 15.3 Å². The summed E-state index contributed by atoms with van der Waals surface area (Å²) in [6.45, 7) is 0.584. The Bertz CT molecular complexity index is 792. The number of aromatic nitrogens is 2. The zero-order chi connectivity index (χ0) is 16.6. The van der Waals surface area contributed by atoms with Gasteiger partial charge in [0.15, 0.2) is 0 Å². The molecule has 5 heteroatoms. The Morgan fingerprint density at radius 1 is 1.00 bits per heavy atom. The van der Waals surface area contributed by atoms with Crippen molar-refractivity contribution in [3.63, 3.8) is 0 Å². The summed E-state index contributed by atoms with van der Waals surface area (Å²) < 4.78 is 5.21. The van der Waals surface area contributed by atoms with Crippen LogP contribution in [0.2, 0.25) is 0 Å². The minimum absolute atomic E-state index is 0.245. The molecule has 2 aromatic heterocycles. The van der Waals surface area contributed by atoms with Crippen LogP contribution < -0.4 is 5.32 Å². The number of hydrogen-bond donors (Lipinski definition) is 1. The lowest BCUT2D eigenvalue weighted by molar-refractivity contribution is 0.139. The van der Waals surface area contributed by atoms with Crippen molar-refractivity contribution < 1.29 is 9.53 Å². The smallest absolute Gasteiger partial charge is 0.407 e. The standard InChI is InChI=1S/C19H17N3O2/c23-19(24-14-15-6-2-1-3-7-15)22-13-17-9-5-11-21-18(17)16-8-4-10-20-12-16/h1-12H,13-14H2,(H,22,23). The molecule has 3 rings (SSSR count). The summed E-state index contributed by atoms with van der Waals surface area (Å²) in [7, 11) is 0. The summed E-state index contributed by atoms with van der Waals surface area (Å²) in [5.41, 5.74) is 3.56. The van der Waals surface area contributed by atoms with Crippen LogP contribution in [0.15, 0.2) is 73.2 Å². The Labute approximate surface area is 140 Å². The van der Waals surface area contributed by atoms with Gasteiger partial charge in [0.25, 0.3) is 0 Å². The second-order valence-corrected chi connectivity index (χ2v) is 5.17. The Morgan fingerprint density at radius 3 is 2.62 bits per heavy atom. The predicted molar refractivity (Wildman–Crippen MR) is 90.9 cm³/mol. The number of carbonyl (C=O) groups excluding carboxylic acids is 1. The monoisotopic (exact) mass is 319 g/mol. The number of nitrogens with one attached hydrogen (secondary N) is 1. The summed E-state index contributed by atoms with van der Waals surface area (Å²) in [5, 5.41) is 2.76. The van der Waals surface area contributed by atoms with Gasteiger partial charge in [-0.3, -0.25) is 9.97 Å². The molecule has 0 saturated carbocycles. The van der Waals surface area contributed by atoms with Crippen LogP contribution >= 0.6 is 0 Å². The fraction of sp³-hybridized carbons (Fsp3) is 0.105. The van der Waals surface area contributed by atoms with E-state index in [1.165, 1.54) is 0 Å². The molecule has 0 spiro atoms. The summed E-state index contributed by atoms with van der Waals surface area (Å²) in [5.74, 6) is 0. The van der Waals surface area contributed by atoms with E-state index >= 15 is 0 Å². The van der Waals surface area contributed by atoms with Gasteiger partial charge in [-0.25, -0.2) is 4.79 Å². The third-order valence-corrected chi connectivity index (χ3v) is 3.46. The molecule has 0 radical (unpaired) electrons. The first kappa shape index (κ1) is 15.7. The second-order valence-electron chi connectivity index (χ2n) is 5.17. The van der Waals surface area contributed by atoms with Crippen molar-refractivity contribution in [1.82, 2.24) is 15.3 Å². The number of pyridine rings is 2. The molecule has 0 atom stereocenters. The number of hydrogen-bond acceptors (Lipinski definition) is 4. The van der Waals surface area contributed by atoms with E-state index in [9.17, 15) is 4.79 Å². The molecule has 0 unspecified atom stereocenters. The topological polar surface area (TPSA) is 64.1 Å². The number of rotatable bonds is 5. The molecular weight excluding hydrogens is 302 g/mol. The van der Waals surface area contributed by atoms with Crippen molar-refractivity contribution >= 4 is 6.09 Å². The maximum atomic E-state index is 11.9. The fourth-order valence-electron chi connectivity index (χ4n) is 2.29. The fourth-order valence-corrected chi connectivity index (χ4v) is 2.29. The van der Waals surface area contributed by atoms with Crippen LogP contribution in [0.5, 0.6) is 0 Å². The van der Waals surface area contributed by atoms with E-state index in [1.54, 1.807) is 18.6 Å². The molecule has 0 bridgehead atoms. The van der Waals surface area contributed by atoms with E-state index in [0.29, 0.717) is 6.54 Å². The van der Waals surface area contributed by atoms with Gasteiger partial charge in [0.05, 0.1) is 5.69 Å². The zero-order valence-electron chi connectivity index (χ0n) is 13.1. The third-order valence-electron chi connectivity index (χ3n) is 3.46. The van der Waals surface area contributed by atoms with Crippen LogP contribution in [0.25, 0.3) is 11.3 Å². The first-order valence-corrected chi connectivity index (χ1v) is 7.62. The quantitative estimate of drug-likeness (QED) is 0.781. The number of amides is 1. The highest BCUT2D eigenvalue weighted by molar-refractivity contribution is 5.68. The van der Waals surface area contributed by atoms with Crippen LogP contribution in [-0.4, -0.2) is 16.1 Å². The van der Waals surface area contributed by atoms with Gasteiger partial charge in [-0.1, -0.05) is 36.4 Å². The van der Waals surface area contributed by atoms with Gasteiger partial charge in [-0.05, 0) is 29.3 Å². The van der Waals surface area contributed by atoms with Crippen molar-refractivity contribution in [1.29, 1.82) is 0 Å². The predicted octanol–water partition coefficient (Wildman–Crippen LogP) is 3.57. The van der Waals surface area contributed by atoms with Gasteiger partial charge in [0, 0.05) is 30.7 Å². The lowest BCUT2D eigenvalue weighted by Crippen LogP contribution is -2.24. The normalized spacial score (nSPS) is 10.2. The first-order valence-electron chi connectivity index (χ1n) is 7.62. The molecule has 0 saturated heterocycles. The Kier molecular flexibility index (Phi) is 5.14. The molecule has 24 heavy (non-hydrogen) atoms. The Morgan fingerprint density at radius 2 is 1.83 bits per heavy atom. The van der Waals surface area contributed by atoms with Crippen LogP contribution in [0.1, 0.15) is 11.1 Å². The highest BCUT2D eigenvalue weighted by Gasteiger charge is 2.08. The maximum absolute atomic E-state index is 11.9. The van der Waals surface area contributed by atoms with Gasteiger partial charge in [0.2, 0.25) is 0 Å². The Hall–Kier alpha value is -3.21. The number of ether oxygens (including phenoxy) is 1. The van der Waals surface area contributed by atoms with Gasteiger partial charge >= 0.3 is 6.09 Å². The maximum Gasteiger partial charge on any atom is 0.407 e. The van der Waals surface area contributed by atoms with E-state index in [4.69, 9.17) is 4.74 Å². The number of carbonyl (C=O) groups is 1. The van der Waals surface area contributed by atoms with Crippen molar-refractivity contribution in [2.75, 3.05) is 0 Å². The molecule has 2 heterocycles. The van der Waals surface area contributed by atoms with E-state index in [0.717, 1.165) is 22.4 Å². The third kappa shape index (κ3) is 4.16. The number of nitrogens with zero attached hydrogens (tertiary/aromatic N) is 2. The minimum Gasteiger partial charge on any atom is -0.445 e. The molecule has 5 nitrogen and oxygen atoms in total. The molecule has 120 valence electrons. The van der Waals surface area contributed by atoms with Crippen LogP contribution in [0.4, 0.5) is 4.79 Å². The SMILES string of the molecule is O=C(NCc1cccnc1-c1cccnc1)OCc1ccccc1. The average molecular weight is 319 g/mol. The van der Waals surface area contributed by atoms with Gasteiger partial charge in [0.1, 0.15) is 6.61 Å². The summed E-state index contributed by atoms with van der Waals surface area (Å²) in [6, 6.07) is 17.1. The zero-order valence-corrected chi connectivity index (χ0v) is 13.1. The lowest BCUT2D eigenvalue weighted by Gasteiger charge is -2.10. The summed E-state index contributed by atoms with van der Waals surface area (Å²) in [4.78, 5) is 20.4. The van der Waals surface area contributed by atoms with Crippen molar-refractivity contribution in [2.45, 2.75) is 13.2 Å². The molecule has 0 fully saturated rings. The van der Waals surface area contributed by atoms with E-state index < -0.39 is 6.09 Å². The van der Waals surface area contributed by atoms with Gasteiger partial charge in [-0.2, -0.15) is 0 Å². The van der Waals surface area contributed by atoms with Crippen molar-refractivity contribution in [2.24, 2.45) is 0 Å². The lowest BCUT2D eigenvalue weighted by atomic mass is 10.1. The molecule has 1 N–H and O–H groups in total. The molecule has 0 aliphatic heterocycles. The second kappa shape index (κ2) is 7.87. The molecule has 0 aliphatic rings. The molecule has 1 amide bonds. The minimum atomic E-state index is -0.458. The van der Waals surface area contributed by atoms with Crippen LogP contribution in [0.3, 0.4) is 0 Å². The number of benzene rings is 1. The van der Waals surface area contributed by atoms with E-state index in [1.807, 2.05) is 54.6 Å². The van der Waals surface area contributed by atoms with E-state index in [-0.39, 0.29) is 6.61 Å². The highest BCUT2D eigenvalue weighted by Crippen LogP contribution is 2.19. The van der Waals surface area contributed by atoms with Gasteiger partial charge in [-0.15, -0.1) is 0 Å². The largest absolute Gasteiger partial charge is 0.445 e. The first-order chi connectivity index (χ1) is 11.8. The molecule has 0 aliphatic carbocycles. The summed E-state index contributed by atoms with van der Waals surface area (Å²) in [6.07, 6.45) is 4.73. The molecule has 1 aromatic carbocycles. The number of alkyl carbamates (subject to hydrolysis) is 1. The van der Waals surface area contributed by atoms with Crippen molar-refractivity contribution in [3.05, 3.63) is 84.3 Å². The van der Waals surface area contributed by atoms with Crippen molar-refractivity contribution in [3.8, 4) is 11.3 Å². The summed E-state index contributed by atoms with van der Waals surface area (Å²) >= 11 is 0. The Balaban J connectivity index is 1.60. The average Bonchev–Trinajstić information content (AvgIpc) is 2.66. The highest BCUT2D eigenvalue weighted by atomic mass is 16.5. The van der Waals surface area contributed by atoms with Gasteiger partial charge < -0.3 is 10.1 Å². The molecular formula is C19H17N3O2. The van der Waals surface area contributed by atoms with Crippen LogP contribution in [0, 0.1) is 0 Å².